The van der Waals surface area contributed by atoms with Crippen LogP contribution in [0.2, 0.25) is 0 Å². The summed E-state index contributed by atoms with van der Waals surface area (Å²) in [6, 6.07) is 4.24. The maximum absolute atomic E-state index is 5.67. The molecule has 20 heavy (non-hydrogen) atoms. The van der Waals surface area contributed by atoms with Crippen molar-refractivity contribution in [1.82, 2.24) is 5.32 Å². The highest BCUT2D eigenvalue weighted by Crippen LogP contribution is 2.60. The third-order valence-electron chi connectivity index (χ3n) is 4.80. The van der Waals surface area contributed by atoms with Crippen LogP contribution in [-0.4, -0.2) is 19.8 Å². The standard InChI is InChI=1S/C16H20BrNO2/c17-13-7-11(8-14-15(13)20-6-5-19-14)9-18-10-16(3-4-16)12-1-2-12/h7-8,12,18H,1-6,9-10H2. The van der Waals surface area contributed by atoms with E-state index in [0.717, 1.165) is 28.4 Å². The Balaban J connectivity index is 1.40. The molecule has 0 spiro atoms. The minimum Gasteiger partial charge on any atom is -0.486 e. The summed E-state index contributed by atoms with van der Waals surface area (Å²) in [5, 5.41) is 3.64. The largest absolute Gasteiger partial charge is 0.486 e. The van der Waals surface area contributed by atoms with Gasteiger partial charge in [-0.2, -0.15) is 0 Å². The fourth-order valence-electron chi connectivity index (χ4n) is 3.31. The van der Waals surface area contributed by atoms with Crippen molar-refractivity contribution >= 4 is 15.9 Å². The number of hydrogen-bond donors (Lipinski definition) is 1. The quantitative estimate of drug-likeness (QED) is 0.891. The lowest BCUT2D eigenvalue weighted by molar-refractivity contribution is 0.170. The number of ether oxygens (including phenoxy) is 2. The lowest BCUT2D eigenvalue weighted by atomic mass is 10.0. The van der Waals surface area contributed by atoms with Gasteiger partial charge in [-0.1, -0.05) is 0 Å². The average molecular weight is 338 g/mol. The predicted octanol–water partition coefficient (Wildman–Crippen LogP) is 3.50. The molecular formula is C16H20BrNO2. The van der Waals surface area contributed by atoms with Gasteiger partial charge in [0.25, 0.3) is 0 Å². The summed E-state index contributed by atoms with van der Waals surface area (Å²) >= 11 is 3.58. The van der Waals surface area contributed by atoms with E-state index in [4.69, 9.17) is 9.47 Å². The number of hydrogen-bond acceptors (Lipinski definition) is 3. The molecule has 3 aliphatic rings. The molecule has 0 saturated heterocycles. The van der Waals surface area contributed by atoms with Crippen LogP contribution in [0.25, 0.3) is 0 Å². The van der Waals surface area contributed by atoms with Gasteiger partial charge in [-0.15, -0.1) is 0 Å². The molecule has 3 nitrogen and oxygen atoms in total. The lowest BCUT2D eigenvalue weighted by Crippen LogP contribution is -2.25. The van der Waals surface area contributed by atoms with Crippen LogP contribution < -0.4 is 14.8 Å². The number of rotatable bonds is 5. The summed E-state index contributed by atoms with van der Waals surface area (Å²) in [5.41, 5.74) is 1.91. The maximum Gasteiger partial charge on any atom is 0.175 e. The zero-order chi connectivity index (χ0) is 13.6. The number of nitrogens with one attached hydrogen (secondary N) is 1. The monoisotopic (exact) mass is 337 g/mol. The summed E-state index contributed by atoms with van der Waals surface area (Å²) in [7, 11) is 0. The molecule has 1 heterocycles. The second-order valence-electron chi connectivity index (χ2n) is 6.34. The third-order valence-corrected chi connectivity index (χ3v) is 5.39. The molecule has 0 radical (unpaired) electrons. The van der Waals surface area contributed by atoms with Crippen LogP contribution in [-0.2, 0) is 6.54 Å². The fraction of sp³-hybridized carbons (Fsp3) is 0.625. The van der Waals surface area contributed by atoms with Crippen molar-refractivity contribution in [3.05, 3.63) is 22.2 Å². The number of benzene rings is 1. The highest BCUT2D eigenvalue weighted by atomic mass is 79.9. The molecule has 1 aromatic rings. The Bertz CT molecular complexity index is 523. The normalized spacial score (nSPS) is 22.6. The van der Waals surface area contributed by atoms with E-state index in [1.807, 2.05) is 0 Å². The van der Waals surface area contributed by atoms with E-state index < -0.39 is 0 Å². The first-order valence-electron chi connectivity index (χ1n) is 7.56. The van der Waals surface area contributed by atoms with Crippen LogP contribution in [0.1, 0.15) is 31.2 Å². The number of fused-ring (bicyclic) bond motifs is 1. The van der Waals surface area contributed by atoms with Crippen LogP contribution in [0.3, 0.4) is 0 Å². The highest BCUT2D eigenvalue weighted by Gasteiger charge is 2.53. The Labute approximate surface area is 128 Å². The molecule has 4 rings (SSSR count). The molecule has 1 aromatic carbocycles. The van der Waals surface area contributed by atoms with Gasteiger partial charge < -0.3 is 14.8 Å². The van der Waals surface area contributed by atoms with Gasteiger partial charge in [0.15, 0.2) is 11.5 Å². The summed E-state index contributed by atoms with van der Waals surface area (Å²) in [4.78, 5) is 0. The Kier molecular flexibility index (Phi) is 3.19. The summed E-state index contributed by atoms with van der Waals surface area (Å²) in [6.45, 7) is 3.35. The van der Waals surface area contributed by atoms with Crippen molar-refractivity contribution in [3.63, 3.8) is 0 Å². The molecule has 4 heteroatoms. The molecule has 2 saturated carbocycles. The topological polar surface area (TPSA) is 30.5 Å². The van der Waals surface area contributed by atoms with E-state index in [2.05, 4.69) is 33.4 Å². The van der Waals surface area contributed by atoms with E-state index in [1.54, 1.807) is 0 Å². The predicted molar refractivity (Wildman–Crippen MR) is 81.2 cm³/mol. The average Bonchev–Trinajstić information content (AvgIpc) is 3.32. The SMILES string of the molecule is Brc1cc(CNCC2(C3CC3)CC2)cc2c1OCCO2. The van der Waals surface area contributed by atoms with Crippen molar-refractivity contribution in [2.24, 2.45) is 11.3 Å². The molecule has 2 fully saturated rings. The zero-order valence-corrected chi connectivity index (χ0v) is 13.2. The third kappa shape index (κ3) is 2.44. The van der Waals surface area contributed by atoms with Crippen LogP contribution in [0.4, 0.5) is 0 Å². The van der Waals surface area contributed by atoms with E-state index in [1.165, 1.54) is 37.8 Å². The minimum atomic E-state index is 0.632. The Morgan fingerprint density at radius 2 is 2.00 bits per heavy atom. The number of halogens is 1. The highest BCUT2D eigenvalue weighted by molar-refractivity contribution is 9.10. The maximum atomic E-state index is 5.67. The van der Waals surface area contributed by atoms with Gasteiger partial charge in [0, 0.05) is 13.1 Å². The van der Waals surface area contributed by atoms with E-state index >= 15 is 0 Å². The fourth-order valence-corrected chi connectivity index (χ4v) is 3.91. The van der Waals surface area contributed by atoms with Gasteiger partial charge in [-0.25, -0.2) is 0 Å². The van der Waals surface area contributed by atoms with Crippen molar-refractivity contribution in [2.45, 2.75) is 32.2 Å². The van der Waals surface area contributed by atoms with E-state index in [9.17, 15) is 0 Å². The second-order valence-corrected chi connectivity index (χ2v) is 7.20. The molecule has 0 bridgehead atoms. The summed E-state index contributed by atoms with van der Waals surface area (Å²) in [6.07, 6.45) is 5.76. The van der Waals surface area contributed by atoms with E-state index in [0.29, 0.717) is 18.6 Å². The van der Waals surface area contributed by atoms with Gasteiger partial charge in [-0.05, 0) is 70.6 Å². The first-order valence-corrected chi connectivity index (χ1v) is 8.35. The smallest absolute Gasteiger partial charge is 0.175 e. The summed E-state index contributed by atoms with van der Waals surface area (Å²) in [5.74, 6) is 2.73. The molecule has 0 amide bonds. The Morgan fingerprint density at radius 3 is 2.75 bits per heavy atom. The van der Waals surface area contributed by atoms with Crippen molar-refractivity contribution in [3.8, 4) is 11.5 Å². The molecule has 0 aromatic heterocycles. The Hall–Kier alpha value is -0.740. The van der Waals surface area contributed by atoms with Crippen LogP contribution in [0.15, 0.2) is 16.6 Å². The van der Waals surface area contributed by atoms with Crippen LogP contribution in [0.5, 0.6) is 11.5 Å². The lowest BCUT2D eigenvalue weighted by Gasteiger charge is -2.21. The first-order chi connectivity index (χ1) is 9.77. The zero-order valence-electron chi connectivity index (χ0n) is 11.6. The minimum absolute atomic E-state index is 0.632. The van der Waals surface area contributed by atoms with Gasteiger partial charge in [0.2, 0.25) is 0 Å². The van der Waals surface area contributed by atoms with Crippen molar-refractivity contribution in [1.29, 1.82) is 0 Å². The van der Waals surface area contributed by atoms with Gasteiger partial charge in [0.1, 0.15) is 13.2 Å². The van der Waals surface area contributed by atoms with Crippen LogP contribution >= 0.6 is 15.9 Å². The van der Waals surface area contributed by atoms with Crippen molar-refractivity contribution < 1.29 is 9.47 Å². The van der Waals surface area contributed by atoms with Crippen LogP contribution in [0, 0.1) is 11.3 Å². The van der Waals surface area contributed by atoms with Gasteiger partial charge in [0.05, 0.1) is 4.47 Å². The molecule has 1 N–H and O–H groups in total. The second kappa shape index (κ2) is 4.92. The summed E-state index contributed by atoms with van der Waals surface area (Å²) < 4.78 is 12.3. The molecule has 1 aliphatic heterocycles. The van der Waals surface area contributed by atoms with Gasteiger partial charge >= 0.3 is 0 Å². The first kappa shape index (κ1) is 13.0. The molecule has 0 atom stereocenters. The molecule has 2 aliphatic carbocycles. The van der Waals surface area contributed by atoms with Gasteiger partial charge in [-0.3, -0.25) is 0 Å². The van der Waals surface area contributed by atoms with E-state index in [-0.39, 0.29) is 0 Å². The molecule has 108 valence electrons. The molecular weight excluding hydrogens is 318 g/mol. The molecule has 0 unspecified atom stereocenters. The van der Waals surface area contributed by atoms with Crippen molar-refractivity contribution in [2.75, 3.05) is 19.8 Å². The Morgan fingerprint density at radius 1 is 1.20 bits per heavy atom.